The first-order valence-electron chi connectivity index (χ1n) is 5.93. The molecule has 1 amide bonds. The van der Waals surface area contributed by atoms with Gasteiger partial charge in [0.05, 0.1) is 22.3 Å². The number of anilines is 1. The van der Waals surface area contributed by atoms with Crippen molar-refractivity contribution in [2.75, 3.05) is 11.9 Å². The van der Waals surface area contributed by atoms with Gasteiger partial charge in [0.1, 0.15) is 0 Å². The molecule has 1 aromatic rings. The number of amides is 1. The normalized spacial score (nSPS) is 12.3. The van der Waals surface area contributed by atoms with Gasteiger partial charge in [-0.2, -0.15) is 0 Å². The third-order valence-corrected chi connectivity index (χ3v) is 3.57. The Morgan fingerprint density at radius 2 is 2.06 bits per heavy atom. The quantitative estimate of drug-likeness (QED) is 0.869. The molecule has 18 heavy (non-hydrogen) atoms. The molecule has 0 aromatic heterocycles. The Bertz CT molecular complexity index is 435. The fraction of sp³-hybridized carbons (Fsp3) is 0.462. The first kappa shape index (κ1) is 15.3. The molecule has 1 unspecified atom stereocenters. The van der Waals surface area contributed by atoms with Crippen molar-refractivity contribution in [3.63, 3.8) is 0 Å². The number of aryl methyl sites for hydroxylation is 1. The lowest BCUT2D eigenvalue weighted by Gasteiger charge is -2.13. The largest absolute Gasteiger partial charge is 0.322 e. The molecule has 100 valence electrons. The first-order valence-corrected chi connectivity index (χ1v) is 6.69. The molecule has 0 radical (unpaired) electrons. The fourth-order valence-electron chi connectivity index (χ4n) is 1.37. The molecule has 1 atom stereocenters. The Morgan fingerprint density at radius 3 is 2.67 bits per heavy atom. The van der Waals surface area contributed by atoms with E-state index in [-0.39, 0.29) is 12.5 Å². The molecule has 0 heterocycles. The minimum Gasteiger partial charge on any atom is -0.322 e. The summed E-state index contributed by atoms with van der Waals surface area (Å²) in [6, 6.07) is 3.84. The maximum absolute atomic E-state index is 11.8. The Hall–Kier alpha value is -0.770. The van der Waals surface area contributed by atoms with E-state index < -0.39 is 0 Å². The van der Waals surface area contributed by atoms with Crippen LogP contribution in [0.25, 0.3) is 0 Å². The predicted molar refractivity (Wildman–Crippen MR) is 77.6 cm³/mol. The SMILES string of the molecule is CCC(C)NCC(=O)Nc1c(Cl)ccc(C)c1Cl. The van der Waals surface area contributed by atoms with Crippen LogP contribution in [0.4, 0.5) is 5.69 Å². The van der Waals surface area contributed by atoms with Crippen molar-refractivity contribution in [1.29, 1.82) is 0 Å². The zero-order valence-electron chi connectivity index (χ0n) is 10.8. The van der Waals surface area contributed by atoms with Crippen LogP contribution in [0.5, 0.6) is 0 Å². The van der Waals surface area contributed by atoms with Gasteiger partial charge >= 0.3 is 0 Å². The minimum absolute atomic E-state index is 0.148. The highest BCUT2D eigenvalue weighted by Gasteiger charge is 2.12. The van der Waals surface area contributed by atoms with Gasteiger partial charge in [0.2, 0.25) is 5.91 Å². The van der Waals surface area contributed by atoms with Gasteiger partial charge in [0.25, 0.3) is 0 Å². The number of rotatable bonds is 5. The molecular formula is C13H18Cl2N2O. The van der Waals surface area contributed by atoms with E-state index in [1.807, 2.05) is 19.9 Å². The van der Waals surface area contributed by atoms with Crippen LogP contribution in [0.1, 0.15) is 25.8 Å². The van der Waals surface area contributed by atoms with E-state index in [1.54, 1.807) is 6.07 Å². The smallest absolute Gasteiger partial charge is 0.238 e. The molecule has 3 nitrogen and oxygen atoms in total. The Kier molecular flexibility index (Phi) is 5.93. The zero-order chi connectivity index (χ0) is 13.7. The van der Waals surface area contributed by atoms with Gasteiger partial charge in [-0.15, -0.1) is 0 Å². The highest BCUT2D eigenvalue weighted by atomic mass is 35.5. The number of benzene rings is 1. The molecule has 0 bridgehead atoms. The van der Waals surface area contributed by atoms with Crippen molar-refractivity contribution < 1.29 is 4.79 Å². The summed E-state index contributed by atoms with van der Waals surface area (Å²) in [5.74, 6) is -0.148. The molecule has 0 saturated carbocycles. The van der Waals surface area contributed by atoms with Crippen LogP contribution < -0.4 is 10.6 Å². The monoisotopic (exact) mass is 288 g/mol. The Balaban J connectivity index is 2.68. The maximum Gasteiger partial charge on any atom is 0.238 e. The number of carbonyl (C=O) groups excluding carboxylic acids is 1. The van der Waals surface area contributed by atoms with Crippen molar-refractivity contribution in [3.05, 3.63) is 27.7 Å². The highest BCUT2D eigenvalue weighted by molar-refractivity contribution is 6.40. The van der Waals surface area contributed by atoms with Gasteiger partial charge in [0, 0.05) is 6.04 Å². The van der Waals surface area contributed by atoms with Gasteiger partial charge in [-0.25, -0.2) is 0 Å². The minimum atomic E-state index is -0.148. The van der Waals surface area contributed by atoms with Gasteiger partial charge in [-0.05, 0) is 31.9 Å². The Labute approximate surface area is 118 Å². The summed E-state index contributed by atoms with van der Waals surface area (Å²) in [5.41, 5.74) is 1.36. The zero-order valence-corrected chi connectivity index (χ0v) is 12.3. The topological polar surface area (TPSA) is 41.1 Å². The first-order chi connectivity index (χ1) is 8.45. The molecule has 1 rings (SSSR count). The van der Waals surface area contributed by atoms with E-state index >= 15 is 0 Å². The molecule has 0 spiro atoms. The molecule has 2 N–H and O–H groups in total. The second-order valence-corrected chi connectivity index (χ2v) is 5.08. The lowest BCUT2D eigenvalue weighted by Crippen LogP contribution is -2.34. The number of hydrogen-bond acceptors (Lipinski definition) is 2. The third kappa shape index (κ3) is 4.16. The second-order valence-electron chi connectivity index (χ2n) is 4.29. The van der Waals surface area contributed by atoms with Crippen LogP contribution in [0.2, 0.25) is 10.0 Å². The van der Waals surface area contributed by atoms with Gasteiger partial charge < -0.3 is 10.6 Å². The second kappa shape index (κ2) is 6.98. The summed E-state index contributed by atoms with van der Waals surface area (Å²) in [5, 5.41) is 6.77. The number of carbonyl (C=O) groups is 1. The van der Waals surface area contributed by atoms with Crippen molar-refractivity contribution >= 4 is 34.8 Å². The van der Waals surface area contributed by atoms with E-state index in [4.69, 9.17) is 23.2 Å². The van der Waals surface area contributed by atoms with Crippen molar-refractivity contribution in [1.82, 2.24) is 5.32 Å². The molecule has 5 heteroatoms. The van der Waals surface area contributed by atoms with Crippen LogP contribution >= 0.6 is 23.2 Å². The van der Waals surface area contributed by atoms with Crippen LogP contribution in [-0.2, 0) is 4.79 Å². The number of hydrogen-bond donors (Lipinski definition) is 2. The summed E-state index contributed by atoms with van der Waals surface area (Å²) >= 11 is 12.1. The van der Waals surface area contributed by atoms with Gasteiger partial charge in [0.15, 0.2) is 0 Å². The van der Waals surface area contributed by atoms with E-state index in [2.05, 4.69) is 17.6 Å². The van der Waals surface area contributed by atoms with Crippen molar-refractivity contribution in [2.24, 2.45) is 0 Å². The summed E-state index contributed by atoms with van der Waals surface area (Å²) in [4.78, 5) is 11.8. The average molecular weight is 289 g/mol. The standard InChI is InChI=1S/C13H18Cl2N2O/c1-4-9(3)16-7-11(18)17-13-10(14)6-5-8(2)12(13)15/h5-6,9,16H,4,7H2,1-3H3,(H,17,18). The fourth-order valence-corrected chi connectivity index (χ4v) is 1.83. The van der Waals surface area contributed by atoms with Gasteiger partial charge in [-0.1, -0.05) is 36.2 Å². The molecule has 1 aromatic carbocycles. The summed E-state index contributed by atoms with van der Waals surface area (Å²) in [6.45, 7) is 6.20. The molecule has 0 saturated heterocycles. The van der Waals surface area contributed by atoms with Crippen LogP contribution in [-0.4, -0.2) is 18.5 Å². The van der Waals surface area contributed by atoms with E-state index in [9.17, 15) is 4.79 Å². The molecule has 0 aliphatic carbocycles. The van der Waals surface area contributed by atoms with E-state index in [0.717, 1.165) is 12.0 Å². The van der Waals surface area contributed by atoms with E-state index in [0.29, 0.717) is 21.8 Å². The highest BCUT2D eigenvalue weighted by Crippen LogP contribution is 2.32. The number of nitrogens with one attached hydrogen (secondary N) is 2. The number of halogens is 2. The Morgan fingerprint density at radius 1 is 1.39 bits per heavy atom. The lowest BCUT2D eigenvalue weighted by atomic mass is 10.2. The lowest BCUT2D eigenvalue weighted by molar-refractivity contribution is -0.115. The van der Waals surface area contributed by atoms with Gasteiger partial charge in [-0.3, -0.25) is 4.79 Å². The van der Waals surface area contributed by atoms with Crippen LogP contribution in [0.15, 0.2) is 12.1 Å². The van der Waals surface area contributed by atoms with Crippen molar-refractivity contribution in [2.45, 2.75) is 33.2 Å². The molecule has 0 aliphatic heterocycles. The predicted octanol–water partition coefficient (Wildman–Crippen LogP) is 3.63. The van der Waals surface area contributed by atoms with Crippen molar-refractivity contribution in [3.8, 4) is 0 Å². The summed E-state index contributed by atoms with van der Waals surface area (Å²) < 4.78 is 0. The van der Waals surface area contributed by atoms with Crippen LogP contribution in [0.3, 0.4) is 0 Å². The average Bonchev–Trinajstić information content (AvgIpc) is 2.36. The molecule has 0 aliphatic rings. The third-order valence-electron chi connectivity index (χ3n) is 2.77. The van der Waals surface area contributed by atoms with Crippen LogP contribution in [0, 0.1) is 6.92 Å². The molecular weight excluding hydrogens is 271 g/mol. The summed E-state index contributed by atoms with van der Waals surface area (Å²) in [6.07, 6.45) is 0.971. The maximum atomic E-state index is 11.8. The van der Waals surface area contributed by atoms with E-state index in [1.165, 1.54) is 0 Å². The molecule has 0 fully saturated rings. The summed E-state index contributed by atoms with van der Waals surface area (Å²) in [7, 11) is 0.